The number of hydrogen-bond acceptors (Lipinski definition) is 6. The third-order valence-corrected chi connectivity index (χ3v) is 4.66. The minimum Gasteiger partial charge on any atom is -0.385 e. The van der Waals surface area contributed by atoms with Crippen molar-refractivity contribution in [2.75, 3.05) is 43.6 Å². The highest BCUT2D eigenvalue weighted by Gasteiger charge is 2.21. The van der Waals surface area contributed by atoms with Gasteiger partial charge in [-0.25, -0.2) is 0 Å². The number of aromatic nitrogens is 3. The number of benzene rings is 1. The number of anilines is 2. The lowest BCUT2D eigenvalue weighted by Crippen LogP contribution is -2.35. The van der Waals surface area contributed by atoms with Gasteiger partial charge in [0.15, 0.2) is 5.82 Å². The molecule has 1 N–H and O–H groups in total. The van der Waals surface area contributed by atoms with Crippen LogP contribution in [0.1, 0.15) is 24.8 Å². The SMILES string of the molecule is COCCCNc1nncc(N2CCC(Cc3ccccc3)CC2)n1. The van der Waals surface area contributed by atoms with Crippen LogP contribution in [-0.4, -0.2) is 48.5 Å². The molecule has 1 saturated heterocycles. The first-order valence-electron chi connectivity index (χ1n) is 9.06. The van der Waals surface area contributed by atoms with Gasteiger partial charge in [0.25, 0.3) is 0 Å². The molecule has 25 heavy (non-hydrogen) atoms. The van der Waals surface area contributed by atoms with E-state index in [-0.39, 0.29) is 0 Å². The summed E-state index contributed by atoms with van der Waals surface area (Å²) in [5.74, 6) is 2.27. The van der Waals surface area contributed by atoms with E-state index in [1.165, 1.54) is 24.8 Å². The van der Waals surface area contributed by atoms with E-state index in [1.807, 2.05) is 0 Å². The second kappa shape index (κ2) is 9.32. The molecule has 0 amide bonds. The summed E-state index contributed by atoms with van der Waals surface area (Å²) >= 11 is 0. The Balaban J connectivity index is 1.49. The molecular weight excluding hydrogens is 314 g/mol. The predicted octanol–water partition coefficient (Wildman–Crippen LogP) is 2.78. The first-order valence-corrected chi connectivity index (χ1v) is 9.06. The molecule has 1 aliphatic heterocycles. The van der Waals surface area contributed by atoms with Gasteiger partial charge in [-0.05, 0) is 37.2 Å². The minimum absolute atomic E-state index is 0.597. The van der Waals surface area contributed by atoms with E-state index in [1.54, 1.807) is 13.3 Å². The zero-order chi connectivity index (χ0) is 17.3. The molecule has 6 nitrogen and oxygen atoms in total. The van der Waals surface area contributed by atoms with Gasteiger partial charge in [-0.1, -0.05) is 30.3 Å². The molecule has 2 heterocycles. The van der Waals surface area contributed by atoms with E-state index < -0.39 is 0 Å². The lowest BCUT2D eigenvalue weighted by molar-refractivity contribution is 0.197. The maximum absolute atomic E-state index is 5.05. The Morgan fingerprint density at radius 2 is 2.00 bits per heavy atom. The van der Waals surface area contributed by atoms with Crippen molar-refractivity contribution in [1.82, 2.24) is 15.2 Å². The van der Waals surface area contributed by atoms with Gasteiger partial charge in [0.05, 0.1) is 6.20 Å². The number of rotatable bonds is 8. The molecule has 0 spiro atoms. The zero-order valence-electron chi connectivity index (χ0n) is 14.9. The fraction of sp³-hybridized carbons (Fsp3) is 0.526. The molecular formula is C19H27N5O. The van der Waals surface area contributed by atoms with Crippen LogP contribution in [0.25, 0.3) is 0 Å². The molecule has 1 aromatic heterocycles. The molecule has 1 aliphatic rings. The molecule has 0 radical (unpaired) electrons. The Hall–Kier alpha value is -2.21. The highest BCUT2D eigenvalue weighted by atomic mass is 16.5. The summed E-state index contributed by atoms with van der Waals surface area (Å²) in [5.41, 5.74) is 1.44. The van der Waals surface area contributed by atoms with Crippen LogP contribution in [0.5, 0.6) is 0 Å². The molecule has 2 aromatic rings. The molecule has 6 heteroatoms. The van der Waals surface area contributed by atoms with Crippen molar-refractivity contribution < 1.29 is 4.74 Å². The molecule has 134 valence electrons. The van der Waals surface area contributed by atoms with Crippen LogP contribution >= 0.6 is 0 Å². The van der Waals surface area contributed by atoms with Gasteiger partial charge in [0, 0.05) is 33.4 Å². The lowest BCUT2D eigenvalue weighted by Gasteiger charge is -2.32. The smallest absolute Gasteiger partial charge is 0.244 e. The molecule has 0 atom stereocenters. The van der Waals surface area contributed by atoms with Crippen molar-refractivity contribution in [3.8, 4) is 0 Å². The van der Waals surface area contributed by atoms with Crippen LogP contribution < -0.4 is 10.2 Å². The van der Waals surface area contributed by atoms with Crippen LogP contribution in [0.4, 0.5) is 11.8 Å². The zero-order valence-corrected chi connectivity index (χ0v) is 14.9. The maximum Gasteiger partial charge on any atom is 0.244 e. The van der Waals surface area contributed by atoms with E-state index in [4.69, 9.17) is 4.74 Å². The van der Waals surface area contributed by atoms with Crippen molar-refractivity contribution in [1.29, 1.82) is 0 Å². The number of ether oxygens (including phenoxy) is 1. The van der Waals surface area contributed by atoms with Crippen LogP contribution in [0.15, 0.2) is 36.5 Å². The summed E-state index contributed by atoms with van der Waals surface area (Å²) in [6.45, 7) is 3.58. The molecule has 0 bridgehead atoms. The van der Waals surface area contributed by atoms with E-state index >= 15 is 0 Å². The van der Waals surface area contributed by atoms with Crippen LogP contribution in [0.3, 0.4) is 0 Å². The van der Waals surface area contributed by atoms with Crippen molar-refractivity contribution >= 4 is 11.8 Å². The fourth-order valence-electron chi connectivity index (χ4n) is 3.25. The van der Waals surface area contributed by atoms with E-state index in [9.17, 15) is 0 Å². The Morgan fingerprint density at radius 1 is 1.20 bits per heavy atom. The monoisotopic (exact) mass is 341 g/mol. The van der Waals surface area contributed by atoms with Crippen molar-refractivity contribution in [3.63, 3.8) is 0 Å². The molecule has 1 fully saturated rings. The fourth-order valence-corrected chi connectivity index (χ4v) is 3.25. The Bertz CT molecular complexity index is 629. The third-order valence-electron chi connectivity index (χ3n) is 4.66. The van der Waals surface area contributed by atoms with Gasteiger partial charge in [-0.2, -0.15) is 10.1 Å². The molecule has 0 aliphatic carbocycles. The number of nitrogens with zero attached hydrogens (tertiary/aromatic N) is 4. The summed E-state index contributed by atoms with van der Waals surface area (Å²) in [6.07, 6.45) is 6.24. The molecule has 1 aromatic carbocycles. The van der Waals surface area contributed by atoms with Crippen LogP contribution in [0, 0.1) is 5.92 Å². The quantitative estimate of drug-likeness (QED) is 0.745. The van der Waals surface area contributed by atoms with Crippen molar-refractivity contribution in [3.05, 3.63) is 42.1 Å². The maximum atomic E-state index is 5.05. The largest absolute Gasteiger partial charge is 0.385 e. The Kier molecular flexibility index (Phi) is 6.56. The van der Waals surface area contributed by atoms with Gasteiger partial charge in [-0.3, -0.25) is 0 Å². The van der Waals surface area contributed by atoms with E-state index in [0.29, 0.717) is 5.95 Å². The van der Waals surface area contributed by atoms with Crippen molar-refractivity contribution in [2.45, 2.75) is 25.7 Å². The molecule has 0 unspecified atom stereocenters. The van der Waals surface area contributed by atoms with Gasteiger partial charge >= 0.3 is 0 Å². The molecule has 3 rings (SSSR count). The lowest BCUT2D eigenvalue weighted by atomic mass is 9.90. The average molecular weight is 341 g/mol. The van der Waals surface area contributed by atoms with Crippen LogP contribution in [-0.2, 0) is 11.2 Å². The topological polar surface area (TPSA) is 63.2 Å². The summed E-state index contributed by atoms with van der Waals surface area (Å²) in [6, 6.07) is 10.8. The first kappa shape index (κ1) is 17.6. The second-order valence-corrected chi connectivity index (χ2v) is 6.53. The Morgan fingerprint density at radius 3 is 2.76 bits per heavy atom. The highest BCUT2D eigenvalue weighted by molar-refractivity contribution is 5.40. The Labute approximate surface area is 149 Å². The van der Waals surface area contributed by atoms with Gasteiger partial charge < -0.3 is 15.0 Å². The summed E-state index contributed by atoms with van der Waals surface area (Å²) in [4.78, 5) is 6.92. The summed E-state index contributed by atoms with van der Waals surface area (Å²) in [5, 5.41) is 11.4. The molecule has 0 saturated carbocycles. The first-order chi connectivity index (χ1) is 12.3. The van der Waals surface area contributed by atoms with E-state index in [0.717, 1.165) is 44.4 Å². The number of piperidine rings is 1. The van der Waals surface area contributed by atoms with Gasteiger partial charge in [0.2, 0.25) is 5.95 Å². The standard InChI is InChI=1S/C19H27N5O/c1-25-13-5-10-20-19-22-18(15-21-23-19)24-11-8-17(9-12-24)14-16-6-3-2-4-7-16/h2-4,6-7,15,17H,5,8-14H2,1H3,(H,20,22,23). The summed E-state index contributed by atoms with van der Waals surface area (Å²) < 4.78 is 5.05. The summed E-state index contributed by atoms with van der Waals surface area (Å²) in [7, 11) is 1.71. The predicted molar refractivity (Wildman–Crippen MR) is 99.9 cm³/mol. The third kappa shape index (κ3) is 5.39. The van der Waals surface area contributed by atoms with Gasteiger partial charge in [-0.15, -0.1) is 5.10 Å². The number of hydrogen-bond donors (Lipinski definition) is 1. The van der Waals surface area contributed by atoms with E-state index in [2.05, 4.69) is 55.7 Å². The number of methoxy groups -OCH3 is 1. The minimum atomic E-state index is 0.597. The average Bonchev–Trinajstić information content (AvgIpc) is 2.67. The number of nitrogens with one attached hydrogen (secondary N) is 1. The van der Waals surface area contributed by atoms with Crippen molar-refractivity contribution in [2.24, 2.45) is 5.92 Å². The van der Waals surface area contributed by atoms with Gasteiger partial charge in [0.1, 0.15) is 0 Å². The normalized spacial score (nSPS) is 15.3. The van der Waals surface area contributed by atoms with Crippen LogP contribution in [0.2, 0.25) is 0 Å². The second-order valence-electron chi connectivity index (χ2n) is 6.53. The highest BCUT2D eigenvalue weighted by Crippen LogP contribution is 2.24.